The summed E-state index contributed by atoms with van der Waals surface area (Å²) >= 11 is 0. The van der Waals surface area contributed by atoms with Gasteiger partial charge in [0.15, 0.2) is 0 Å². The van der Waals surface area contributed by atoms with Crippen LogP contribution in [-0.2, 0) is 24.3 Å². The average Bonchev–Trinajstić information content (AvgIpc) is 3.05. The van der Waals surface area contributed by atoms with Gasteiger partial charge in [-0.2, -0.15) is 0 Å². The molecular formula is C15H24N2O5S. The minimum atomic E-state index is -3.22. The number of nitrogens with zero attached hydrogens (tertiary/aromatic N) is 1. The third-order valence-corrected chi connectivity index (χ3v) is 6.02. The number of nitrogens with one attached hydrogen (secondary N) is 1. The van der Waals surface area contributed by atoms with Gasteiger partial charge in [0, 0.05) is 19.1 Å². The Morgan fingerprint density at radius 2 is 1.87 bits per heavy atom. The van der Waals surface area contributed by atoms with Crippen molar-refractivity contribution in [1.82, 2.24) is 9.62 Å². The Hall–Kier alpha value is -1.15. The molecule has 1 amide bonds. The van der Waals surface area contributed by atoms with E-state index < -0.39 is 15.6 Å². The van der Waals surface area contributed by atoms with Crippen LogP contribution in [0.3, 0.4) is 0 Å². The summed E-state index contributed by atoms with van der Waals surface area (Å²) in [7, 11) is -3.22. The summed E-state index contributed by atoms with van der Waals surface area (Å²) in [6.45, 7) is 1.04. The number of sulfonamides is 1. The van der Waals surface area contributed by atoms with Crippen LogP contribution >= 0.6 is 0 Å². The number of hydrogen-bond donors (Lipinski definition) is 1. The lowest BCUT2D eigenvalue weighted by atomic mass is 9.84. The van der Waals surface area contributed by atoms with Gasteiger partial charge in [-0.1, -0.05) is 0 Å². The molecule has 3 fully saturated rings. The molecule has 1 unspecified atom stereocenters. The van der Waals surface area contributed by atoms with Crippen molar-refractivity contribution in [2.75, 3.05) is 19.3 Å². The van der Waals surface area contributed by atoms with Crippen molar-refractivity contribution in [2.24, 2.45) is 5.92 Å². The van der Waals surface area contributed by atoms with Gasteiger partial charge in [0.25, 0.3) is 0 Å². The maximum absolute atomic E-state index is 12.9. The van der Waals surface area contributed by atoms with E-state index >= 15 is 0 Å². The maximum Gasteiger partial charge on any atom is 0.307 e. The number of rotatable bonds is 3. The molecule has 1 atom stereocenters. The summed E-state index contributed by atoms with van der Waals surface area (Å²) in [6, 6.07) is -0.115. The molecule has 0 aromatic rings. The zero-order valence-electron chi connectivity index (χ0n) is 13.4. The Balaban J connectivity index is 1.62. The van der Waals surface area contributed by atoms with Crippen LogP contribution in [0.15, 0.2) is 0 Å². The summed E-state index contributed by atoms with van der Waals surface area (Å²) in [5.74, 6) is -0.633. The van der Waals surface area contributed by atoms with Crippen LogP contribution in [0.1, 0.15) is 44.9 Å². The Labute approximate surface area is 136 Å². The fourth-order valence-electron chi connectivity index (χ4n) is 4.17. The van der Waals surface area contributed by atoms with Crippen molar-refractivity contribution in [3.05, 3.63) is 0 Å². The molecule has 0 aromatic heterocycles. The lowest BCUT2D eigenvalue weighted by molar-refractivity contribution is -0.152. The van der Waals surface area contributed by atoms with Gasteiger partial charge in [-0.15, -0.1) is 0 Å². The van der Waals surface area contributed by atoms with Gasteiger partial charge in [0.1, 0.15) is 5.60 Å². The second kappa shape index (κ2) is 6.05. The number of hydrogen-bond acceptors (Lipinski definition) is 5. The van der Waals surface area contributed by atoms with Crippen LogP contribution in [0.4, 0.5) is 0 Å². The number of ether oxygens (including phenoxy) is 1. The second-order valence-electron chi connectivity index (χ2n) is 6.99. The third kappa shape index (κ3) is 3.52. The Morgan fingerprint density at radius 3 is 2.43 bits per heavy atom. The Bertz CT molecular complexity index is 589. The lowest BCUT2D eigenvalue weighted by Crippen LogP contribution is -2.50. The average molecular weight is 344 g/mol. The molecule has 23 heavy (non-hydrogen) atoms. The number of carbonyl (C=O) groups is 2. The van der Waals surface area contributed by atoms with E-state index in [2.05, 4.69) is 4.72 Å². The number of amides is 1. The van der Waals surface area contributed by atoms with Crippen LogP contribution < -0.4 is 4.72 Å². The molecule has 2 saturated heterocycles. The summed E-state index contributed by atoms with van der Waals surface area (Å²) < 4.78 is 30.7. The first-order valence-electron chi connectivity index (χ1n) is 8.27. The molecule has 1 N–H and O–H groups in total. The molecule has 0 radical (unpaired) electrons. The van der Waals surface area contributed by atoms with E-state index in [0.29, 0.717) is 25.9 Å². The van der Waals surface area contributed by atoms with Gasteiger partial charge in [-0.05, 0) is 38.5 Å². The van der Waals surface area contributed by atoms with Crippen molar-refractivity contribution in [1.29, 1.82) is 0 Å². The van der Waals surface area contributed by atoms with E-state index in [1.165, 1.54) is 0 Å². The molecule has 130 valence electrons. The first-order chi connectivity index (χ1) is 10.8. The summed E-state index contributed by atoms with van der Waals surface area (Å²) in [4.78, 5) is 26.4. The molecule has 8 heteroatoms. The number of piperidine rings is 1. The molecule has 7 nitrogen and oxygen atoms in total. The third-order valence-electron chi connectivity index (χ3n) is 5.26. The van der Waals surface area contributed by atoms with E-state index in [-0.39, 0.29) is 30.3 Å². The van der Waals surface area contributed by atoms with E-state index in [1.54, 1.807) is 4.90 Å². The molecule has 1 aliphatic carbocycles. The van der Waals surface area contributed by atoms with Crippen LogP contribution in [0.2, 0.25) is 0 Å². The zero-order chi connectivity index (χ0) is 16.7. The minimum absolute atomic E-state index is 0.00412. The molecule has 1 spiro atoms. The fourth-order valence-corrected chi connectivity index (χ4v) is 5.01. The fraction of sp³-hybridized carbons (Fsp3) is 0.867. The maximum atomic E-state index is 12.9. The molecule has 3 aliphatic rings. The van der Waals surface area contributed by atoms with Gasteiger partial charge in [0.05, 0.1) is 18.6 Å². The van der Waals surface area contributed by atoms with E-state index in [1.807, 2.05) is 0 Å². The highest BCUT2D eigenvalue weighted by Gasteiger charge is 2.54. The van der Waals surface area contributed by atoms with Crippen molar-refractivity contribution < 1.29 is 22.7 Å². The van der Waals surface area contributed by atoms with Gasteiger partial charge in [-0.3, -0.25) is 9.59 Å². The Morgan fingerprint density at radius 1 is 1.26 bits per heavy atom. The SMILES string of the molecule is CS(=O)(=O)NC1CCN(C(=O)C2CC(=O)OC23CCCC3)CC1. The van der Waals surface area contributed by atoms with Crippen molar-refractivity contribution in [3.8, 4) is 0 Å². The van der Waals surface area contributed by atoms with E-state index in [0.717, 1.165) is 31.9 Å². The predicted octanol–water partition coefficient (Wildman–Crippen LogP) is 0.402. The van der Waals surface area contributed by atoms with Crippen LogP contribution in [0.25, 0.3) is 0 Å². The van der Waals surface area contributed by atoms with Crippen LogP contribution in [0, 0.1) is 5.92 Å². The smallest absolute Gasteiger partial charge is 0.307 e. The molecule has 2 aliphatic heterocycles. The standard InChI is InChI=1S/C15H24N2O5S/c1-23(20,21)16-11-4-8-17(9-5-11)14(19)12-10-13(18)22-15(12)6-2-3-7-15/h11-12,16H,2-10H2,1H3. The van der Waals surface area contributed by atoms with E-state index in [9.17, 15) is 18.0 Å². The summed E-state index contributed by atoms with van der Waals surface area (Å²) in [5.41, 5.74) is -0.573. The lowest BCUT2D eigenvalue weighted by Gasteiger charge is -2.36. The molecule has 1 saturated carbocycles. The first kappa shape index (κ1) is 16.7. The highest BCUT2D eigenvalue weighted by molar-refractivity contribution is 7.88. The molecule has 0 bridgehead atoms. The molecule has 0 aromatic carbocycles. The first-order valence-corrected chi connectivity index (χ1v) is 10.2. The molecule has 3 rings (SSSR count). The van der Waals surface area contributed by atoms with Crippen LogP contribution in [0.5, 0.6) is 0 Å². The largest absolute Gasteiger partial charge is 0.458 e. The Kier molecular flexibility index (Phi) is 4.39. The van der Waals surface area contributed by atoms with Crippen molar-refractivity contribution in [2.45, 2.75) is 56.6 Å². The summed E-state index contributed by atoms with van der Waals surface area (Å²) in [6.07, 6.45) is 6.09. The van der Waals surface area contributed by atoms with Gasteiger partial charge < -0.3 is 9.64 Å². The minimum Gasteiger partial charge on any atom is -0.458 e. The predicted molar refractivity (Wildman–Crippen MR) is 83.0 cm³/mol. The van der Waals surface area contributed by atoms with Gasteiger partial charge in [-0.25, -0.2) is 13.1 Å². The molecule has 2 heterocycles. The second-order valence-corrected chi connectivity index (χ2v) is 8.77. The number of likely N-dealkylation sites (tertiary alicyclic amines) is 1. The molecular weight excluding hydrogens is 320 g/mol. The highest BCUT2D eigenvalue weighted by Crippen LogP contribution is 2.46. The monoisotopic (exact) mass is 344 g/mol. The van der Waals surface area contributed by atoms with Crippen LogP contribution in [-0.4, -0.2) is 56.2 Å². The van der Waals surface area contributed by atoms with E-state index in [4.69, 9.17) is 4.74 Å². The quantitative estimate of drug-likeness (QED) is 0.748. The number of carbonyl (C=O) groups excluding carboxylic acids is 2. The zero-order valence-corrected chi connectivity index (χ0v) is 14.2. The van der Waals surface area contributed by atoms with Crippen molar-refractivity contribution >= 4 is 21.9 Å². The van der Waals surface area contributed by atoms with Gasteiger partial charge in [0.2, 0.25) is 15.9 Å². The number of esters is 1. The van der Waals surface area contributed by atoms with Crippen molar-refractivity contribution in [3.63, 3.8) is 0 Å². The highest BCUT2D eigenvalue weighted by atomic mass is 32.2. The summed E-state index contributed by atoms with van der Waals surface area (Å²) in [5, 5.41) is 0. The topological polar surface area (TPSA) is 92.8 Å². The van der Waals surface area contributed by atoms with Gasteiger partial charge >= 0.3 is 5.97 Å². The normalized spacial score (nSPS) is 28.3.